The van der Waals surface area contributed by atoms with Crippen LogP contribution in [0.2, 0.25) is 0 Å². The Morgan fingerprint density at radius 1 is 0.517 bits per heavy atom. The first-order chi connectivity index (χ1) is 28.7. The predicted molar refractivity (Wildman–Crippen MR) is 246 cm³/mol. The van der Waals surface area contributed by atoms with Gasteiger partial charge in [0.2, 0.25) is 0 Å². The maximum absolute atomic E-state index is 8.87. The second-order valence-corrected chi connectivity index (χ2v) is 14.5. The maximum Gasteiger partial charge on any atom is 0.100 e. The Morgan fingerprint density at radius 2 is 1.17 bits per heavy atom. The first-order valence-corrected chi connectivity index (χ1v) is 19.5. The molecule has 10 rings (SSSR count). The van der Waals surface area contributed by atoms with Crippen molar-refractivity contribution in [3.63, 3.8) is 0 Å². The molecule has 274 valence electrons. The van der Waals surface area contributed by atoms with Crippen molar-refractivity contribution in [3.8, 4) is 33.4 Å². The van der Waals surface area contributed by atoms with Gasteiger partial charge in [-0.3, -0.25) is 4.57 Å². The SMILES string of the molecule is N=C1C=CC=C/C1=C(/N=C/n1c2ccc(-c3cccc(-c4ccccc4Nc4ccccc4)c3)cc2c2c3ccccc3ccc21)c1ccc(-c2ccccc2)cc1. The van der Waals surface area contributed by atoms with Crippen LogP contribution in [0.25, 0.3) is 71.7 Å². The number of rotatable bonds is 8. The molecule has 2 N–H and O–H groups in total. The van der Waals surface area contributed by atoms with E-state index in [1.807, 2.05) is 54.9 Å². The lowest BCUT2D eigenvalue weighted by Crippen LogP contribution is -2.03. The number of aromatic nitrogens is 1. The van der Waals surface area contributed by atoms with Crippen molar-refractivity contribution in [2.24, 2.45) is 4.99 Å². The van der Waals surface area contributed by atoms with Crippen molar-refractivity contribution in [2.45, 2.75) is 0 Å². The molecule has 0 aliphatic heterocycles. The Hall–Kier alpha value is -7.82. The molecule has 0 radical (unpaired) electrons. The van der Waals surface area contributed by atoms with Gasteiger partial charge in [0.05, 0.1) is 22.4 Å². The number of anilines is 2. The van der Waals surface area contributed by atoms with E-state index in [2.05, 4.69) is 174 Å². The zero-order valence-corrected chi connectivity index (χ0v) is 31.7. The maximum atomic E-state index is 8.87. The predicted octanol–water partition coefficient (Wildman–Crippen LogP) is 14.1. The standard InChI is InChI=1S/C54H38N4/c55-49-24-11-9-23-47(49)54(40-28-26-38(27-29-40)37-14-3-1-4-15-37)56-36-58-51-32-31-42(35-48(51)53-46-22-8-7-16-39(46)30-33-52(53)58)41-17-13-18-43(34-41)45-21-10-12-25-50(45)57-44-19-5-2-6-20-44/h1-36,55,57H/b54-47-,55-49?,56-36+. The minimum Gasteiger partial charge on any atom is -0.355 e. The minimum atomic E-state index is 0.431. The summed E-state index contributed by atoms with van der Waals surface area (Å²) in [6, 6.07) is 66.2. The second-order valence-electron chi connectivity index (χ2n) is 14.5. The van der Waals surface area contributed by atoms with Crippen LogP contribution in [-0.2, 0) is 0 Å². The molecular formula is C54H38N4. The van der Waals surface area contributed by atoms with Crippen molar-refractivity contribution >= 4 is 61.7 Å². The molecule has 4 nitrogen and oxygen atoms in total. The van der Waals surface area contributed by atoms with E-state index in [0.717, 1.165) is 78.0 Å². The van der Waals surface area contributed by atoms with E-state index in [1.54, 1.807) is 0 Å². The fourth-order valence-corrected chi connectivity index (χ4v) is 8.07. The molecule has 1 aromatic heterocycles. The highest BCUT2D eigenvalue weighted by Gasteiger charge is 2.17. The molecule has 0 amide bonds. The van der Waals surface area contributed by atoms with Crippen molar-refractivity contribution in [2.75, 3.05) is 5.32 Å². The third-order valence-corrected chi connectivity index (χ3v) is 10.9. The number of aliphatic imine (C=N–C) groups is 1. The Bertz CT molecular complexity index is 3130. The van der Waals surface area contributed by atoms with Crippen LogP contribution < -0.4 is 5.32 Å². The van der Waals surface area contributed by atoms with Crippen LogP contribution in [-0.4, -0.2) is 16.6 Å². The minimum absolute atomic E-state index is 0.431. The Labute approximate surface area is 337 Å². The number of hydrogen-bond donors (Lipinski definition) is 2. The molecule has 0 atom stereocenters. The molecule has 58 heavy (non-hydrogen) atoms. The fraction of sp³-hybridized carbons (Fsp3) is 0. The first kappa shape index (κ1) is 34.7. The van der Waals surface area contributed by atoms with Gasteiger partial charge in [0, 0.05) is 38.8 Å². The number of hydrogen-bond acceptors (Lipinski definition) is 3. The molecule has 8 aromatic carbocycles. The summed E-state index contributed by atoms with van der Waals surface area (Å²) in [5.41, 5.74) is 14.0. The highest BCUT2D eigenvalue weighted by molar-refractivity contribution is 6.23. The summed E-state index contributed by atoms with van der Waals surface area (Å²) >= 11 is 0. The largest absolute Gasteiger partial charge is 0.355 e. The zero-order valence-electron chi connectivity index (χ0n) is 31.7. The van der Waals surface area contributed by atoms with E-state index in [0.29, 0.717) is 5.71 Å². The van der Waals surface area contributed by atoms with Crippen LogP contribution in [0, 0.1) is 5.41 Å². The van der Waals surface area contributed by atoms with Gasteiger partial charge in [-0.05, 0) is 87.1 Å². The molecule has 4 heteroatoms. The Kier molecular flexibility index (Phi) is 8.97. The van der Waals surface area contributed by atoms with Crippen molar-refractivity contribution < 1.29 is 0 Å². The summed E-state index contributed by atoms with van der Waals surface area (Å²) in [7, 11) is 0. The molecule has 0 saturated carbocycles. The zero-order chi connectivity index (χ0) is 38.8. The highest BCUT2D eigenvalue weighted by atomic mass is 15.0. The number of nitrogens with zero attached hydrogens (tertiary/aromatic N) is 2. The molecule has 0 saturated heterocycles. The Balaban J connectivity index is 1.10. The van der Waals surface area contributed by atoms with Crippen molar-refractivity contribution in [3.05, 3.63) is 223 Å². The average molecular weight is 743 g/mol. The third kappa shape index (κ3) is 6.53. The Morgan fingerprint density at radius 3 is 2.02 bits per heavy atom. The lowest BCUT2D eigenvalue weighted by molar-refractivity contribution is 1.30. The van der Waals surface area contributed by atoms with Gasteiger partial charge in [-0.1, -0.05) is 164 Å². The van der Waals surface area contributed by atoms with Crippen LogP contribution in [0.4, 0.5) is 11.4 Å². The summed E-state index contributed by atoms with van der Waals surface area (Å²) < 4.78 is 2.20. The molecule has 0 unspecified atom stereocenters. The molecule has 0 spiro atoms. The van der Waals surface area contributed by atoms with Gasteiger partial charge in [0.1, 0.15) is 6.34 Å². The van der Waals surface area contributed by atoms with E-state index >= 15 is 0 Å². The summed E-state index contributed by atoms with van der Waals surface area (Å²) in [5.74, 6) is 0. The van der Waals surface area contributed by atoms with Gasteiger partial charge >= 0.3 is 0 Å². The van der Waals surface area contributed by atoms with Crippen LogP contribution >= 0.6 is 0 Å². The summed E-state index contributed by atoms with van der Waals surface area (Å²) in [6.07, 6.45) is 9.62. The average Bonchev–Trinajstić information content (AvgIpc) is 3.61. The van der Waals surface area contributed by atoms with E-state index in [1.165, 1.54) is 16.2 Å². The quantitative estimate of drug-likeness (QED) is 0.118. The van der Waals surface area contributed by atoms with Crippen molar-refractivity contribution in [1.82, 2.24) is 4.57 Å². The normalized spacial score (nSPS) is 13.6. The number of nitrogens with one attached hydrogen (secondary N) is 2. The fourth-order valence-electron chi connectivity index (χ4n) is 8.07. The molecular weight excluding hydrogens is 705 g/mol. The molecule has 0 fully saturated rings. The van der Waals surface area contributed by atoms with Crippen LogP contribution in [0.1, 0.15) is 5.56 Å². The smallest absolute Gasteiger partial charge is 0.100 e. The lowest BCUT2D eigenvalue weighted by atomic mass is 9.96. The molecule has 9 aromatic rings. The molecule has 1 heterocycles. The molecule has 0 bridgehead atoms. The molecule has 1 aliphatic rings. The van der Waals surface area contributed by atoms with E-state index in [9.17, 15) is 0 Å². The van der Waals surface area contributed by atoms with Gasteiger partial charge in [0.15, 0.2) is 0 Å². The van der Waals surface area contributed by atoms with Crippen LogP contribution in [0.3, 0.4) is 0 Å². The van der Waals surface area contributed by atoms with Crippen LogP contribution in [0.5, 0.6) is 0 Å². The molecule has 1 aliphatic carbocycles. The van der Waals surface area contributed by atoms with Gasteiger partial charge in [0.25, 0.3) is 0 Å². The summed E-state index contributed by atoms with van der Waals surface area (Å²) in [5, 5.41) is 17.2. The first-order valence-electron chi connectivity index (χ1n) is 19.5. The number of benzene rings is 8. The van der Waals surface area contributed by atoms with Crippen molar-refractivity contribution in [1.29, 1.82) is 5.41 Å². The number of allylic oxidation sites excluding steroid dienone is 5. The number of fused-ring (bicyclic) bond motifs is 5. The van der Waals surface area contributed by atoms with Gasteiger partial charge in [-0.2, -0.15) is 0 Å². The van der Waals surface area contributed by atoms with E-state index in [4.69, 9.17) is 10.4 Å². The van der Waals surface area contributed by atoms with Gasteiger partial charge in [-0.25, -0.2) is 4.99 Å². The third-order valence-electron chi connectivity index (χ3n) is 10.9. The van der Waals surface area contributed by atoms with Gasteiger partial charge < -0.3 is 10.7 Å². The summed E-state index contributed by atoms with van der Waals surface area (Å²) in [6.45, 7) is 0. The summed E-state index contributed by atoms with van der Waals surface area (Å²) in [4.78, 5) is 5.24. The lowest BCUT2D eigenvalue weighted by Gasteiger charge is -2.13. The monoisotopic (exact) mass is 742 g/mol. The second kappa shape index (κ2) is 15.0. The van der Waals surface area contributed by atoms with E-state index < -0.39 is 0 Å². The van der Waals surface area contributed by atoms with Gasteiger partial charge in [-0.15, -0.1) is 0 Å². The van der Waals surface area contributed by atoms with E-state index in [-0.39, 0.29) is 0 Å². The topological polar surface area (TPSA) is 53.2 Å². The number of para-hydroxylation sites is 2. The highest BCUT2D eigenvalue weighted by Crippen LogP contribution is 2.39. The van der Waals surface area contributed by atoms with Crippen LogP contribution in [0.15, 0.2) is 223 Å².